The van der Waals surface area contributed by atoms with Gasteiger partial charge in [-0.15, -0.1) is 0 Å². The molecule has 1 aromatic heterocycles. The monoisotopic (exact) mass is 312 g/mol. The van der Waals surface area contributed by atoms with E-state index in [0.717, 1.165) is 27.7 Å². The van der Waals surface area contributed by atoms with Crippen LogP contribution in [0.2, 0.25) is 0 Å². The third kappa shape index (κ3) is 3.42. The summed E-state index contributed by atoms with van der Waals surface area (Å²) in [7, 11) is 0. The van der Waals surface area contributed by atoms with Crippen molar-refractivity contribution in [1.82, 2.24) is 0 Å². The van der Waals surface area contributed by atoms with Gasteiger partial charge >= 0.3 is 5.97 Å². The van der Waals surface area contributed by atoms with Crippen LogP contribution < -0.4 is 0 Å². The van der Waals surface area contributed by atoms with Gasteiger partial charge in [-0.3, -0.25) is 4.79 Å². The van der Waals surface area contributed by atoms with Crippen molar-refractivity contribution >= 4 is 16.9 Å². The van der Waals surface area contributed by atoms with Crippen LogP contribution in [0.4, 0.5) is 4.39 Å². The number of carbonyl (C=O) groups excluding carboxylic acids is 1. The van der Waals surface area contributed by atoms with E-state index in [1.807, 2.05) is 25.1 Å². The number of halogens is 1. The predicted octanol–water partition coefficient (Wildman–Crippen LogP) is 4.73. The molecule has 3 aromatic rings. The van der Waals surface area contributed by atoms with E-state index in [1.165, 1.54) is 12.1 Å². The summed E-state index contributed by atoms with van der Waals surface area (Å²) in [5.74, 6) is -0.655. The Kier molecular flexibility index (Phi) is 4.15. The molecule has 3 rings (SSSR count). The summed E-state index contributed by atoms with van der Waals surface area (Å²) in [4.78, 5) is 12.1. The lowest BCUT2D eigenvalue weighted by molar-refractivity contribution is -0.147. The fourth-order valence-corrected chi connectivity index (χ4v) is 2.52. The molecule has 0 bridgehead atoms. The Bertz CT molecular complexity index is 833. The zero-order chi connectivity index (χ0) is 16.4. The van der Waals surface area contributed by atoms with E-state index >= 15 is 0 Å². The first-order valence-corrected chi connectivity index (χ1v) is 7.44. The molecule has 0 amide bonds. The Labute approximate surface area is 133 Å². The fourth-order valence-electron chi connectivity index (χ4n) is 2.52. The Hall–Kier alpha value is -2.62. The number of hydrogen-bond donors (Lipinski definition) is 0. The van der Waals surface area contributed by atoms with Crippen molar-refractivity contribution in [2.24, 2.45) is 0 Å². The highest BCUT2D eigenvalue weighted by Crippen LogP contribution is 2.24. The molecule has 0 saturated heterocycles. The van der Waals surface area contributed by atoms with Gasteiger partial charge in [0.05, 0.1) is 12.7 Å². The smallest absolute Gasteiger partial charge is 0.311 e. The standard InChI is InChI=1S/C19H17FO3/c1-12-3-8-17-15(11-22-18(17)9-12)10-19(21)23-13(2)14-4-6-16(20)7-5-14/h3-9,11,13H,10H2,1-2H3/t13-/m1/s1. The summed E-state index contributed by atoms with van der Waals surface area (Å²) < 4.78 is 23.8. The fraction of sp³-hybridized carbons (Fsp3) is 0.211. The van der Waals surface area contributed by atoms with E-state index in [0.29, 0.717) is 0 Å². The maximum Gasteiger partial charge on any atom is 0.311 e. The van der Waals surface area contributed by atoms with E-state index in [4.69, 9.17) is 9.15 Å². The van der Waals surface area contributed by atoms with E-state index < -0.39 is 6.10 Å². The van der Waals surface area contributed by atoms with Crippen LogP contribution in [0.1, 0.15) is 29.7 Å². The van der Waals surface area contributed by atoms with Crippen molar-refractivity contribution in [2.45, 2.75) is 26.4 Å². The molecule has 0 aliphatic rings. The first-order valence-electron chi connectivity index (χ1n) is 7.44. The van der Waals surface area contributed by atoms with E-state index in [9.17, 15) is 9.18 Å². The molecular formula is C19H17FO3. The lowest BCUT2D eigenvalue weighted by Crippen LogP contribution is -2.11. The summed E-state index contributed by atoms with van der Waals surface area (Å²) in [6.45, 7) is 3.75. The average Bonchev–Trinajstić information content (AvgIpc) is 2.89. The van der Waals surface area contributed by atoms with E-state index in [2.05, 4.69) is 0 Å². The van der Waals surface area contributed by atoms with E-state index in [1.54, 1.807) is 25.3 Å². The molecule has 0 unspecified atom stereocenters. The molecule has 2 aromatic carbocycles. The molecule has 3 nitrogen and oxygen atoms in total. The van der Waals surface area contributed by atoms with Crippen molar-refractivity contribution in [2.75, 3.05) is 0 Å². The van der Waals surface area contributed by atoms with Crippen molar-refractivity contribution in [3.63, 3.8) is 0 Å². The van der Waals surface area contributed by atoms with Crippen LogP contribution in [0.3, 0.4) is 0 Å². The van der Waals surface area contributed by atoms with Crippen molar-refractivity contribution in [3.8, 4) is 0 Å². The van der Waals surface area contributed by atoms with Gasteiger partial charge in [0.25, 0.3) is 0 Å². The van der Waals surface area contributed by atoms with Gasteiger partial charge in [-0.2, -0.15) is 0 Å². The van der Waals surface area contributed by atoms with Gasteiger partial charge in [-0.05, 0) is 43.2 Å². The Morgan fingerprint density at radius 2 is 1.96 bits per heavy atom. The van der Waals surface area contributed by atoms with Crippen LogP contribution in [0.5, 0.6) is 0 Å². The Balaban J connectivity index is 1.69. The molecule has 4 heteroatoms. The number of fused-ring (bicyclic) bond motifs is 1. The quantitative estimate of drug-likeness (QED) is 0.654. The Morgan fingerprint density at radius 1 is 1.22 bits per heavy atom. The minimum atomic E-state index is -0.427. The minimum absolute atomic E-state index is 0.140. The molecule has 0 aliphatic heterocycles. The summed E-state index contributed by atoms with van der Waals surface area (Å²) in [6.07, 6.45) is 1.30. The van der Waals surface area contributed by atoms with Gasteiger partial charge in [-0.1, -0.05) is 24.3 Å². The number of ether oxygens (including phenoxy) is 1. The van der Waals surface area contributed by atoms with Crippen molar-refractivity contribution in [3.05, 3.63) is 71.2 Å². The summed E-state index contributed by atoms with van der Waals surface area (Å²) in [5.41, 5.74) is 3.43. The molecule has 0 spiro atoms. The zero-order valence-corrected chi connectivity index (χ0v) is 13.0. The molecule has 0 saturated carbocycles. The Morgan fingerprint density at radius 3 is 2.70 bits per heavy atom. The molecule has 0 radical (unpaired) electrons. The number of carbonyl (C=O) groups is 1. The van der Waals surface area contributed by atoms with Gasteiger partial charge in [0.15, 0.2) is 0 Å². The van der Waals surface area contributed by atoms with Crippen LogP contribution >= 0.6 is 0 Å². The SMILES string of the molecule is Cc1ccc2c(CC(=O)O[C@H](C)c3ccc(F)cc3)coc2c1. The van der Waals surface area contributed by atoms with Gasteiger partial charge in [0, 0.05) is 10.9 Å². The van der Waals surface area contributed by atoms with Crippen LogP contribution in [-0.4, -0.2) is 5.97 Å². The topological polar surface area (TPSA) is 39.4 Å². The van der Waals surface area contributed by atoms with Crippen LogP contribution in [-0.2, 0) is 16.0 Å². The maximum atomic E-state index is 12.9. The second-order valence-corrected chi connectivity index (χ2v) is 5.62. The largest absolute Gasteiger partial charge is 0.464 e. The number of furan rings is 1. The highest BCUT2D eigenvalue weighted by molar-refractivity contribution is 5.86. The molecular weight excluding hydrogens is 295 g/mol. The van der Waals surface area contributed by atoms with Gasteiger partial charge < -0.3 is 9.15 Å². The highest BCUT2D eigenvalue weighted by atomic mass is 19.1. The average molecular weight is 312 g/mol. The van der Waals surface area contributed by atoms with Gasteiger partial charge in [0.2, 0.25) is 0 Å². The molecule has 0 aliphatic carbocycles. The molecule has 0 fully saturated rings. The summed E-state index contributed by atoms with van der Waals surface area (Å²) in [5, 5.41) is 0.919. The maximum absolute atomic E-state index is 12.9. The molecule has 118 valence electrons. The van der Waals surface area contributed by atoms with Crippen molar-refractivity contribution < 1.29 is 18.3 Å². The lowest BCUT2D eigenvalue weighted by atomic mass is 10.1. The highest BCUT2D eigenvalue weighted by Gasteiger charge is 2.15. The number of aryl methyl sites for hydroxylation is 1. The summed E-state index contributed by atoms with van der Waals surface area (Å²) in [6, 6.07) is 11.8. The molecule has 1 atom stereocenters. The van der Waals surface area contributed by atoms with Crippen LogP contribution in [0.15, 0.2) is 53.1 Å². The molecule has 23 heavy (non-hydrogen) atoms. The van der Waals surface area contributed by atoms with Crippen LogP contribution in [0, 0.1) is 12.7 Å². The third-order valence-corrected chi connectivity index (χ3v) is 3.79. The van der Waals surface area contributed by atoms with Crippen molar-refractivity contribution in [1.29, 1.82) is 0 Å². The summed E-state index contributed by atoms with van der Waals surface area (Å²) >= 11 is 0. The normalized spacial score (nSPS) is 12.3. The first kappa shape index (κ1) is 15.3. The number of rotatable bonds is 4. The van der Waals surface area contributed by atoms with Gasteiger partial charge in [-0.25, -0.2) is 4.39 Å². The molecule has 0 N–H and O–H groups in total. The number of benzene rings is 2. The molecule has 1 heterocycles. The predicted molar refractivity (Wildman–Crippen MR) is 85.6 cm³/mol. The minimum Gasteiger partial charge on any atom is -0.464 e. The van der Waals surface area contributed by atoms with E-state index in [-0.39, 0.29) is 18.2 Å². The van der Waals surface area contributed by atoms with Gasteiger partial charge in [0.1, 0.15) is 17.5 Å². The first-order chi connectivity index (χ1) is 11.0. The second-order valence-electron chi connectivity index (χ2n) is 5.62. The lowest BCUT2D eigenvalue weighted by Gasteiger charge is -2.13. The third-order valence-electron chi connectivity index (χ3n) is 3.79. The zero-order valence-electron chi connectivity index (χ0n) is 13.0. The number of esters is 1. The van der Waals surface area contributed by atoms with Crippen LogP contribution in [0.25, 0.3) is 11.0 Å². The number of hydrogen-bond acceptors (Lipinski definition) is 3. The second kappa shape index (κ2) is 6.24.